The maximum absolute atomic E-state index is 13.1. The molecule has 0 N–H and O–H groups in total. The molecule has 1 aliphatic heterocycles. The summed E-state index contributed by atoms with van der Waals surface area (Å²) >= 11 is 0. The predicted octanol–water partition coefficient (Wildman–Crippen LogP) is 2.86. The van der Waals surface area contributed by atoms with Gasteiger partial charge in [-0.1, -0.05) is 30.4 Å². The van der Waals surface area contributed by atoms with Crippen LogP contribution in [0.25, 0.3) is 0 Å². The van der Waals surface area contributed by atoms with Crippen LogP contribution in [0.4, 0.5) is 5.69 Å². The van der Waals surface area contributed by atoms with Crippen molar-refractivity contribution in [2.75, 3.05) is 4.90 Å². The highest BCUT2D eigenvalue weighted by Crippen LogP contribution is 2.65. The van der Waals surface area contributed by atoms with E-state index < -0.39 is 0 Å². The maximum Gasteiger partial charge on any atom is 0.238 e. The minimum absolute atomic E-state index is 0.0390. The van der Waals surface area contributed by atoms with E-state index in [1.54, 1.807) is 0 Å². The van der Waals surface area contributed by atoms with Gasteiger partial charge < -0.3 is 0 Å². The minimum atomic E-state index is -0.106. The van der Waals surface area contributed by atoms with E-state index in [1.807, 2.05) is 32.0 Å². The van der Waals surface area contributed by atoms with Crippen molar-refractivity contribution in [3.8, 4) is 0 Å². The Morgan fingerprint density at radius 3 is 1.91 bits per heavy atom. The second kappa shape index (κ2) is 3.89. The lowest BCUT2D eigenvalue weighted by Gasteiger charge is -2.37. The van der Waals surface area contributed by atoms with Gasteiger partial charge in [0.15, 0.2) is 0 Å². The molecule has 0 aromatic heterocycles. The van der Waals surface area contributed by atoms with E-state index in [0.29, 0.717) is 23.7 Å². The fraction of sp³-hybridized carbons (Fsp3) is 0.474. The molecule has 0 unspecified atom stereocenters. The quantitative estimate of drug-likeness (QED) is 0.590. The lowest BCUT2D eigenvalue weighted by molar-refractivity contribution is -0.124. The Hall–Kier alpha value is -1.90. The Bertz CT molecular complexity index is 694. The van der Waals surface area contributed by atoms with Crippen LogP contribution in [0.5, 0.6) is 0 Å². The fourth-order valence-electron chi connectivity index (χ4n) is 5.34. The molecule has 6 rings (SSSR count). The number of aryl methyl sites for hydroxylation is 2. The number of rotatable bonds is 1. The molecule has 3 nitrogen and oxygen atoms in total. The fourth-order valence-corrected chi connectivity index (χ4v) is 5.34. The molecule has 0 radical (unpaired) electrons. The molecule has 112 valence electrons. The van der Waals surface area contributed by atoms with E-state index >= 15 is 0 Å². The van der Waals surface area contributed by atoms with Crippen LogP contribution in [0, 0.1) is 49.4 Å². The minimum Gasteiger partial charge on any atom is -0.274 e. The molecule has 2 saturated carbocycles. The van der Waals surface area contributed by atoms with Gasteiger partial charge in [0.05, 0.1) is 17.5 Å². The summed E-state index contributed by atoms with van der Waals surface area (Å²) in [4.78, 5) is 27.7. The van der Waals surface area contributed by atoms with Gasteiger partial charge in [-0.25, -0.2) is 4.90 Å². The molecule has 5 aliphatic rings. The van der Waals surface area contributed by atoms with Gasteiger partial charge in [-0.2, -0.15) is 0 Å². The number of hydrogen-bond acceptors (Lipinski definition) is 2. The van der Waals surface area contributed by atoms with Crippen LogP contribution in [-0.2, 0) is 9.59 Å². The standard InChI is InChI=1S/C19H19NO2/c1-9-4-3-5-10(2)17(9)20-18(21)15-11-6-7-12(14-8-13(11)14)16(15)19(20)22/h3-7,11-16H,8H2,1-2H3/t11-,12-,13-,14-,15-,16+/m1/s1. The number of anilines is 1. The molecule has 4 aliphatic carbocycles. The first kappa shape index (κ1) is 12.6. The number of amides is 2. The highest BCUT2D eigenvalue weighted by molar-refractivity contribution is 6.23. The van der Waals surface area contributed by atoms with Crippen molar-refractivity contribution < 1.29 is 9.59 Å². The summed E-state index contributed by atoms with van der Waals surface area (Å²) in [5.74, 6) is 1.78. The van der Waals surface area contributed by atoms with E-state index in [4.69, 9.17) is 0 Å². The van der Waals surface area contributed by atoms with Gasteiger partial charge in [0.1, 0.15) is 0 Å². The molecule has 1 heterocycles. The van der Waals surface area contributed by atoms with Crippen molar-refractivity contribution in [3.05, 3.63) is 41.5 Å². The zero-order valence-electron chi connectivity index (χ0n) is 12.8. The number of para-hydroxylation sites is 1. The van der Waals surface area contributed by atoms with Crippen molar-refractivity contribution in [2.24, 2.45) is 35.5 Å². The van der Waals surface area contributed by atoms with Crippen molar-refractivity contribution >= 4 is 17.5 Å². The van der Waals surface area contributed by atoms with E-state index in [2.05, 4.69) is 12.2 Å². The second-order valence-electron chi connectivity index (χ2n) is 7.41. The molecule has 1 aromatic rings. The molecule has 1 aromatic carbocycles. The lowest BCUT2D eigenvalue weighted by Crippen LogP contribution is -2.40. The van der Waals surface area contributed by atoms with E-state index in [0.717, 1.165) is 16.8 Å². The number of allylic oxidation sites excluding steroid dienone is 2. The van der Waals surface area contributed by atoms with Crippen LogP contribution in [0.1, 0.15) is 17.5 Å². The van der Waals surface area contributed by atoms with Gasteiger partial charge in [0.25, 0.3) is 0 Å². The van der Waals surface area contributed by atoms with Crippen molar-refractivity contribution in [1.29, 1.82) is 0 Å². The molecular formula is C19H19NO2. The summed E-state index contributed by atoms with van der Waals surface area (Å²) in [7, 11) is 0. The smallest absolute Gasteiger partial charge is 0.238 e. The molecule has 2 bridgehead atoms. The van der Waals surface area contributed by atoms with Crippen molar-refractivity contribution in [3.63, 3.8) is 0 Å². The maximum atomic E-state index is 13.1. The molecule has 3 fully saturated rings. The summed E-state index contributed by atoms with van der Waals surface area (Å²) in [6, 6.07) is 5.94. The van der Waals surface area contributed by atoms with Crippen LogP contribution < -0.4 is 4.90 Å². The lowest BCUT2D eigenvalue weighted by atomic mass is 9.63. The SMILES string of the molecule is Cc1cccc(C)c1N1C(=O)[C@@H]2[C@@H]3C=C[C@H]([C@H]4C[C@H]34)[C@@H]2C1=O. The van der Waals surface area contributed by atoms with Gasteiger partial charge in [0.2, 0.25) is 11.8 Å². The third-order valence-corrected chi connectivity index (χ3v) is 6.33. The van der Waals surface area contributed by atoms with Crippen LogP contribution >= 0.6 is 0 Å². The Morgan fingerprint density at radius 2 is 1.41 bits per heavy atom. The molecule has 6 atom stereocenters. The molecule has 2 amide bonds. The number of benzene rings is 1. The Kier molecular flexibility index (Phi) is 2.23. The average Bonchev–Trinajstić information content (AvgIpc) is 3.27. The monoisotopic (exact) mass is 293 g/mol. The summed E-state index contributed by atoms with van der Waals surface area (Å²) in [6.45, 7) is 3.96. The third-order valence-electron chi connectivity index (χ3n) is 6.33. The predicted molar refractivity (Wildman–Crippen MR) is 83.1 cm³/mol. The largest absolute Gasteiger partial charge is 0.274 e. The zero-order valence-corrected chi connectivity index (χ0v) is 12.8. The highest BCUT2D eigenvalue weighted by atomic mass is 16.2. The van der Waals surface area contributed by atoms with Gasteiger partial charge in [-0.3, -0.25) is 9.59 Å². The Labute approximate surface area is 130 Å². The van der Waals surface area contributed by atoms with Crippen LogP contribution in [0.3, 0.4) is 0 Å². The van der Waals surface area contributed by atoms with Gasteiger partial charge in [-0.15, -0.1) is 0 Å². The molecular weight excluding hydrogens is 274 g/mol. The van der Waals surface area contributed by atoms with Gasteiger partial charge >= 0.3 is 0 Å². The first-order chi connectivity index (χ1) is 10.6. The van der Waals surface area contributed by atoms with Crippen molar-refractivity contribution in [1.82, 2.24) is 0 Å². The topological polar surface area (TPSA) is 37.4 Å². The highest BCUT2D eigenvalue weighted by Gasteiger charge is 2.67. The summed E-state index contributed by atoms with van der Waals surface area (Å²) in [5.41, 5.74) is 2.83. The summed E-state index contributed by atoms with van der Waals surface area (Å²) in [6.07, 6.45) is 5.65. The van der Waals surface area contributed by atoms with Crippen LogP contribution in [0.15, 0.2) is 30.4 Å². The van der Waals surface area contributed by atoms with E-state index in [1.165, 1.54) is 11.3 Å². The number of carbonyl (C=O) groups is 2. The normalized spacial score (nSPS) is 40.9. The van der Waals surface area contributed by atoms with Crippen LogP contribution in [-0.4, -0.2) is 11.8 Å². The molecule has 22 heavy (non-hydrogen) atoms. The molecule has 3 heteroatoms. The number of imide groups is 1. The van der Waals surface area contributed by atoms with E-state index in [-0.39, 0.29) is 23.7 Å². The third kappa shape index (κ3) is 1.33. The first-order valence-electron chi connectivity index (χ1n) is 8.22. The van der Waals surface area contributed by atoms with Gasteiger partial charge in [0, 0.05) is 0 Å². The second-order valence-corrected chi connectivity index (χ2v) is 7.41. The average molecular weight is 293 g/mol. The Morgan fingerprint density at radius 1 is 0.909 bits per heavy atom. The number of nitrogens with zero attached hydrogens (tertiary/aromatic N) is 1. The molecule has 1 saturated heterocycles. The number of carbonyl (C=O) groups excluding carboxylic acids is 2. The summed E-state index contributed by atoms with van der Waals surface area (Å²) < 4.78 is 0. The first-order valence-corrected chi connectivity index (χ1v) is 8.22. The molecule has 0 spiro atoms. The zero-order chi connectivity index (χ0) is 15.2. The van der Waals surface area contributed by atoms with Gasteiger partial charge in [-0.05, 0) is 55.1 Å². The van der Waals surface area contributed by atoms with E-state index in [9.17, 15) is 9.59 Å². The number of hydrogen-bond donors (Lipinski definition) is 0. The van der Waals surface area contributed by atoms with Crippen LogP contribution in [0.2, 0.25) is 0 Å². The summed E-state index contributed by atoms with van der Waals surface area (Å²) in [5, 5.41) is 0. The van der Waals surface area contributed by atoms with Crippen molar-refractivity contribution in [2.45, 2.75) is 20.3 Å². The Balaban J connectivity index is 1.64.